The Morgan fingerprint density at radius 3 is 2.90 bits per heavy atom. The molecule has 0 amide bonds. The summed E-state index contributed by atoms with van der Waals surface area (Å²) < 4.78 is 12.7. The second kappa shape index (κ2) is 3.05. The lowest BCUT2D eigenvalue weighted by Gasteiger charge is -1.97. The molecular formula is C6H6BrFN2. The van der Waals surface area contributed by atoms with Crippen LogP contribution in [0, 0.1) is 6.92 Å². The maximum Gasteiger partial charge on any atom is 0.133 e. The van der Waals surface area contributed by atoms with E-state index in [0.29, 0.717) is 16.0 Å². The predicted molar refractivity (Wildman–Crippen MR) is 39.3 cm³/mol. The zero-order valence-corrected chi connectivity index (χ0v) is 7.02. The van der Waals surface area contributed by atoms with Crippen molar-refractivity contribution in [3.8, 4) is 0 Å². The highest BCUT2D eigenvalue weighted by Crippen LogP contribution is 2.13. The quantitative estimate of drug-likeness (QED) is 0.700. The van der Waals surface area contributed by atoms with Crippen molar-refractivity contribution in [2.45, 2.75) is 13.6 Å². The highest BCUT2D eigenvalue weighted by Gasteiger charge is 2.00. The average molecular weight is 205 g/mol. The standard InChI is InChI=1S/C6H6BrFN2/c1-4-9-3-5(7)6(2-8)10-4/h3H,2H2,1H3. The van der Waals surface area contributed by atoms with Crippen molar-refractivity contribution in [1.82, 2.24) is 9.97 Å². The minimum absolute atomic E-state index is 0.410. The van der Waals surface area contributed by atoms with E-state index in [-0.39, 0.29) is 0 Å². The number of halogens is 2. The number of nitrogens with zero attached hydrogens (tertiary/aromatic N) is 2. The van der Waals surface area contributed by atoms with Gasteiger partial charge < -0.3 is 0 Å². The normalized spacial score (nSPS) is 9.90. The lowest BCUT2D eigenvalue weighted by molar-refractivity contribution is 0.472. The van der Waals surface area contributed by atoms with Gasteiger partial charge in [0, 0.05) is 6.20 Å². The van der Waals surface area contributed by atoms with Crippen LogP contribution in [-0.4, -0.2) is 9.97 Å². The third-order valence-corrected chi connectivity index (χ3v) is 1.73. The molecule has 0 saturated heterocycles. The summed E-state index contributed by atoms with van der Waals surface area (Å²) in [5.74, 6) is 0.593. The van der Waals surface area contributed by atoms with Crippen LogP contribution in [-0.2, 0) is 6.67 Å². The van der Waals surface area contributed by atoms with E-state index in [9.17, 15) is 4.39 Å². The van der Waals surface area contributed by atoms with Crippen molar-refractivity contribution in [2.75, 3.05) is 0 Å². The van der Waals surface area contributed by atoms with Crippen LogP contribution in [0.15, 0.2) is 10.7 Å². The Labute approximate surface area is 66.6 Å². The van der Waals surface area contributed by atoms with Gasteiger partial charge >= 0.3 is 0 Å². The maximum absolute atomic E-state index is 12.0. The van der Waals surface area contributed by atoms with Crippen LogP contribution in [0.1, 0.15) is 11.5 Å². The van der Waals surface area contributed by atoms with Crippen molar-refractivity contribution >= 4 is 15.9 Å². The van der Waals surface area contributed by atoms with Crippen molar-refractivity contribution < 1.29 is 4.39 Å². The second-order valence-electron chi connectivity index (χ2n) is 1.85. The first-order valence-corrected chi connectivity index (χ1v) is 3.57. The first-order valence-electron chi connectivity index (χ1n) is 2.78. The predicted octanol–water partition coefficient (Wildman–Crippen LogP) is 2.02. The first kappa shape index (κ1) is 7.60. The van der Waals surface area contributed by atoms with Crippen LogP contribution < -0.4 is 0 Å². The van der Waals surface area contributed by atoms with Gasteiger partial charge in [0.05, 0.1) is 10.2 Å². The van der Waals surface area contributed by atoms with Crippen LogP contribution in [0.5, 0.6) is 0 Å². The molecule has 1 rings (SSSR count). The van der Waals surface area contributed by atoms with E-state index < -0.39 is 6.67 Å². The van der Waals surface area contributed by atoms with Crippen LogP contribution >= 0.6 is 15.9 Å². The van der Waals surface area contributed by atoms with E-state index >= 15 is 0 Å². The zero-order valence-electron chi connectivity index (χ0n) is 5.43. The van der Waals surface area contributed by atoms with Gasteiger partial charge in [0.2, 0.25) is 0 Å². The third kappa shape index (κ3) is 1.50. The molecular weight excluding hydrogens is 199 g/mol. The van der Waals surface area contributed by atoms with E-state index in [1.807, 2.05) is 0 Å². The number of rotatable bonds is 1. The molecule has 1 heterocycles. The summed E-state index contributed by atoms with van der Waals surface area (Å²) in [6.07, 6.45) is 1.55. The van der Waals surface area contributed by atoms with Crippen molar-refractivity contribution in [3.05, 3.63) is 22.2 Å². The summed E-state index contributed by atoms with van der Waals surface area (Å²) >= 11 is 3.13. The molecule has 1 aromatic rings. The molecule has 0 spiro atoms. The van der Waals surface area contributed by atoms with Gasteiger partial charge in [-0.25, -0.2) is 14.4 Å². The van der Waals surface area contributed by atoms with Gasteiger partial charge in [-0.3, -0.25) is 0 Å². The number of aromatic nitrogens is 2. The summed E-state index contributed by atoms with van der Waals surface area (Å²) in [7, 11) is 0. The van der Waals surface area contributed by atoms with Gasteiger partial charge in [-0.2, -0.15) is 0 Å². The molecule has 0 N–H and O–H groups in total. The van der Waals surface area contributed by atoms with Crippen LogP contribution in [0.4, 0.5) is 4.39 Å². The number of hydrogen-bond acceptors (Lipinski definition) is 2. The smallest absolute Gasteiger partial charge is 0.133 e. The van der Waals surface area contributed by atoms with Crippen LogP contribution in [0.2, 0.25) is 0 Å². The van der Waals surface area contributed by atoms with Gasteiger partial charge in [-0.1, -0.05) is 0 Å². The molecule has 1 aromatic heterocycles. The molecule has 0 radical (unpaired) electrons. The fraction of sp³-hybridized carbons (Fsp3) is 0.333. The molecule has 0 aromatic carbocycles. The zero-order chi connectivity index (χ0) is 7.56. The largest absolute Gasteiger partial charge is 0.244 e. The highest BCUT2D eigenvalue weighted by atomic mass is 79.9. The van der Waals surface area contributed by atoms with Gasteiger partial charge in [0.25, 0.3) is 0 Å². The van der Waals surface area contributed by atoms with Crippen molar-refractivity contribution in [3.63, 3.8) is 0 Å². The van der Waals surface area contributed by atoms with Gasteiger partial charge in [0.15, 0.2) is 0 Å². The van der Waals surface area contributed by atoms with Gasteiger partial charge in [-0.15, -0.1) is 0 Å². The lowest BCUT2D eigenvalue weighted by Crippen LogP contribution is -1.93. The summed E-state index contributed by atoms with van der Waals surface area (Å²) in [6.45, 7) is 1.18. The van der Waals surface area contributed by atoms with Crippen LogP contribution in [0.25, 0.3) is 0 Å². The number of aryl methyl sites for hydroxylation is 1. The summed E-state index contributed by atoms with van der Waals surface area (Å²) in [4.78, 5) is 7.72. The molecule has 0 fully saturated rings. The van der Waals surface area contributed by atoms with E-state index in [0.717, 1.165) is 0 Å². The Morgan fingerprint density at radius 2 is 2.40 bits per heavy atom. The Bertz CT molecular complexity index is 239. The fourth-order valence-corrected chi connectivity index (χ4v) is 0.893. The first-order chi connectivity index (χ1) is 4.74. The Morgan fingerprint density at radius 1 is 1.70 bits per heavy atom. The average Bonchev–Trinajstić information content (AvgIpc) is 1.94. The maximum atomic E-state index is 12.0. The molecule has 0 aliphatic heterocycles. The minimum Gasteiger partial charge on any atom is -0.244 e. The van der Waals surface area contributed by atoms with Crippen LogP contribution in [0.3, 0.4) is 0 Å². The molecule has 0 unspecified atom stereocenters. The molecule has 0 aliphatic carbocycles. The SMILES string of the molecule is Cc1ncc(Br)c(CF)n1. The molecule has 0 aliphatic rings. The minimum atomic E-state index is -0.552. The molecule has 2 nitrogen and oxygen atoms in total. The number of alkyl halides is 1. The monoisotopic (exact) mass is 204 g/mol. The van der Waals surface area contributed by atoms with Gasteiger partial charge in [0.1, 0.15) is 12.5 Å². The molecule has 10 heavy (non-hydrogen) atoms. The molecule has 4 heteroatoms. The fourth-order valence-electron chi connectivity index (χ4n) is 0.596. The van der Waals surface area contributed by atoms with Crippen molar-refractivity contribution in [1.29, 1.82) is 0 Å². The topological polar surface area (TPSA) is 25.8 Å². The Hall–Kier alpha value is -0.510. The summed E-state index contributed by atoms with van der Waals surface area (Å²) in [6, 6.07) is 0. The van der Waals surface area contributed by atoms with E-state index in [1.165, 1.54) is 0 Å². The third-order valence-electron chi connectivity index (χ3n) is 1.06. The summed E-state index contributed by atoms with van der Waals surface area (Å²) in [5.41, 5.74) is 0.410. The van der Waals surface area contributed by atoms with E-state index in [4.69, 9.17) is 0 Å². The molecule has 54 valence electrons. The Balaban J connectivity index is 3.09. The lowest BCUT2D eigenvalue weighted by atomic mass is 10.4. The van der Waals surface area contributed by atoms with Gasteiger partial charge in [-0.05, 0) is 22.9 Å². The van der Waals surface area contributed by atoms with E-state index in [1.54, 1.807) is 13.1 Å². The van der Waals surface area contributed by atoms with E-state index in [2.05, 4.69) is 25.9 Å². The number of hydrogen-bond donors (Lipinski definition) is 0. The molecule has 0 saturated carbocycles. The Kier molecular flexibility index (Phi) is 2.32. The molecule has 0 bridgehead atoms. The molecule has 0 atom stereocenters. The van der Waals surface area contributed by atoms with Crippen molar-refractivity contribution in [2.24, 2.45) is 0 Å². The summed E-state index contributed by atoms with van der Waals surface area (Å²) in [5, 5.41) is 0. The highest BCUT2D eigenvalue weighted by molar-refractivity contribution is 9.10. The second-order valence-corrected chi connectivity index (χ2v) is 2.70.